The largest absolute Gasteiger partial charge is 0.387 e. The summed E-state index contributed by atoms with van der Waals surface area (Å²) < 4.78 is 5.37. The summed E-state index contributed by atoms with van der Waals surface area (Å²) in [5, 5.41) is 11.2. The second-order valence-electron chi connectivity index (χ2n) is 6.43. The van der Waals surface area contributed by atoms with Crippen LogP contribution in [0.4, 0.5) is 5.69 Å². The second kappa shape index (κ2) is 7.81. The van der Waals surface area contributed by atoms with Crippen molar-refractivity contribution < 1.29 is 9.84 Å². The van der Waals surface area contributed by atoms with Crippen molar-refractivity contribution in [3.05, 3.63) is 28.8 Å². The Labute approximate surface area is 143 Å². The van der Waals surface area contributed by atoms with Gasteiger partial charge in [-0.25, -0.2) is 0 Å². The molecule has 2 saturated heterocycles. The first-order valence-electron chi connectivity index (χ1n) is 8.43. The van der Waals surface area contributed by atoms with Crippen LogP contribution in [0.1, 0.15) is 24.5 Å². The van der Waals surface area contributed by atoms with Gasteiger partial charge in [0.2, 0.25) is 0 Å². The molecule has 0 radical (unpaired) electrons. The topological polar surface area (TPSA) is 62.0 Å². The lowest BCUT2D eigenvalue weighted by molar-refractivity contribution is 0.122. The summed E-state index contributed by atoms with van der Waals surface area (Å²) >= 11 is 6.44. The van der Waals surface area contributed by atoms with Crippen LogP contribution in [0.25, 0.3) is 0 Å². The Balaban J connectivity index is 1.65. The number of nitrogens with two attached hydrogens (primary N) is 1. The molecule has 1 aromatic rings. The van der Waals surface area contributed by atoms with Crippen molar-refractivity contribution in [2.45, 2.75) is 25.0 Å². The van der Waals surface area contributed by atoms with Crippen LogP contribution in [0.15, 0.2) is 18.2 Å². The molecule has 23 heavy (non-hydrogen) atoms. The van der Waals surface area contributed by atoms with Crippen molar-refractivity contribution in [1.29, 1.82) is 0 Å². The lowest BCUT2D eigenvalue weighted by Gasteiger charge is -2.30. The number of nitrogens with zero attached hydrogens (tertiary/aromatic N) is 2. The maximum absolute atomic E-state index is 10.5. The smallest absolute Gasteiger partial charge is 0.0953 e. The molecule has 3 rings (SSSR count). The van der Waals surface area contributed by atoms with Crippen molar-refractivity contribution in [2.24, 2.45) is 5.73 Å². The number of hydrogen-bond donors (Lipinski definition) is 2. The minimum absolute atomic E-state index is 0.293. The van der Waals surface area contributed by atoms with Gasteiger partial charge < -0.3 is 25.4 Å². The van der Waals surface area contributed by atoms with Gasteiger partial charge in [-0.05, 0) is 43.6 Å². The van der Waals surface area contributed by atoms with Gasteiger partial charge in [0.1, 0.15) is 0 Å². The molecule has 0 aromatic heterocycles. The Kier molecular flexibility index (Phi) is 5.77. The van der Waals surface area contributed by atoms with Crippen molar-refractivity contribution >= 4 is 17.3 Å². The zero-order valence-electron chi connectivity index (χ0n) is 13.5. The molecular formula is C17H26ClN3O2. The highest BCUT2D eigenvalue weighted by Gasteiger charge is 2.23. The van der Waals surface area contributed by atoms with E-state index in [2.05, 4.69) is 9.80 Å². The molecule has 0 aliphatic carbocycles. The maximum atomic E-state index is 10.5. The first-order chi connectivity index (χ1) is 11.1. The molecule has 2 fully saturated rings. The van der Waals surface area contributed by atoms with E-state index in [1.807, 2.05) is 18.2 Å². The quantitative estimate of drug-likeness (QED) is 0.854. The Morgan fingerprint density at radius 2 is 1.87 bits per heavy atom. The first-order valence-corrected chi connectivity index (χ1v) is 8.81. The van der Waals surface area contributed by atoms with E-state index in [0.717, 1.165) is 57.2 Å². The summed E-state index contributed by atoms with van der Waals surface area (Å²) in [5.41, 5.74) is 7.99. The summed E-state index contributed by atoms with van der Waals surface area (Å²) in [6.45, 7) is 6.02. The fraction of sp³-hybridized carbons (Fsp3) is 0.647. The minimum Gasteiger partial charge on any atom is -0.387 e. The predicted molar refractivity (Wildman–Crippen MR) is 93.1 cm³/mol. The van der Waals surface area contributed by atoms with Gasteiger partial charge in [-0.2, -0.15) is 0 Å². The lowest BCUT2D eigenvalue weighted by Crippen LogP contribution is -2.40. The van der Waals surface area contributed by atoms with Gasteiger partial charge >= 0.3 is 0 Å². The summed E-state index contributed by atoms with van der Waals surface area (Å²) in [6.07, 6.45) is 1.76. The van der Waals surface area contributed by atoms with Crippen LogP contribution in [-0.2, 0) is 4.74 Å². The van der Waals surface area contributed by atoms with E-state index < -0.39 is 6.10 Å². The molecule has 2 heterocycles. The fourth-order valence-electron chi connectivity index (χ4n) is 3.38. The molecule has 2 unspecified atom stereocenters. The fourth-order valence-corrected chi connectivity index (χ4v) is 3.69. The Morgan fingerprint density at radius 1 is 1.17 bits per heavy atom. The van der Waals surface area contributed by atoms with Crippen molar-refractivity contribution in [2.75, 3.05) is 50.8 Å². The highest BCUT2D eigenvalue weighted by Crippen LogP contribution is 2.30. The summed E-state index contributed by atoms with van der Waals surface area (Å²) in [7, 11) is 0. The van der Waals surface area contributed by atoms with Gasteiger partial charge in [0.05, 0.1) is 30.0 Å². The molecule has 2 aliphatic rings. The Morgan fingerprint density at radius 3 is 2.52 bits per heavy atom. The second-order valence-corrected chi connectivity index (χ2v) is 6.83. The van der Waals surface area contributed by atoms with E-state index in [0.29, 0.717) is 5.02 Å². The lowest BCUT2D eigenvalue weighted by atomic mass is 10.0. The number of ether oxygens (including phenoxy) is 1. The van der Waals surface area contributed by atoms with E-state index in [1.165, 1.54) is 12.8 Å². The number of aliphatic hydroxyl groups is 1. The molecule has 0 spiro atoms. The van der Waals surface area contributed by atoms with Crippen LogP contribution in [0.3, 0.4) is 0 Å². The predicted octanol–water partition coefficient (Wildman–Crippen LogP) is 1.63. The number of halogens is 1. The number of hydrogen-bond acceptors (Lipinski definition) is 5. The van der Waals surface area contributed by atoms with Crippen molar-refractivity contribution in [3.8, 4) is 0 Å². The number of benzene rings is 1. The number of morpholine rings is 1. The molecule has 3 N–H and O–H groups in total. The number of anilines is 1. The third kappa shape index (κ3) is 4.17. The number of rotatable bonds is 5. The van der Waals surface area contributed by atoms with Crippen LogP contribution in [0.5, 0.6) is 0 Å². The molecule has 2 atom stereocenters. The molecule has 6 heteroatoms. The summed E-state index contributed by atoms with van der Waals surface area (Å²) in [5.74, 6) is 0. The highest BCUT2D eigenvalue weighted by atomic mass is 35.5. The first kappa shape index (κ1) is 17.0. The summed E-state index contributed by atoms with van der Waals surface area (Å²) in [4.78, 5) is 4.53. The van der Waals surface area contributed by atoms with Crippen LogP contribution < -0.4 is 10.6 Å². The monoisotopic (exact) mass is 339 g/mol. The van der Waals surface area contributed by atoms with E-state index in [1.54, 1.807) is 0 Å². The Hall–Kier alpha value is -0.850. The van der Waals surface area contributed by atoms with Crippen molar-refractivity contribution in [1.82, 2.24) is 4.90 Å². The number of likely N-dealkylation sites (tertiary alicyclic amines) is 1. The van der Waals surface area contributed by atoms with Crippen molar-refractivity contribution in [3.63, 3.8) is 0 Å². The standard InChI is InChI=1S/C17H26ClN3O2/c18-14-11-13(3-4-16(14)21-7-9-23-10-8-21)17(22)15(19)12-20-5-1-2-6-20/h3-4,11,15,17,22H,1-2,5-10,12,19H2. The summed E-state index contributed by atoms with van der Waals surface area (Å²) in [6, 6.07) is 5.47. The van der Waals surface area contributed by atoms with Gasteiger partial charge in [-0.1, -0.05) is 17.7 Å². The third-order valence-corrected chi connectivity index (χ3v) is 5.04. The molecule has 0 bridgehead atoms. The average molecular weight is 340 g/mol. The van der Waals surface area contributed by atoms with Crippen LogP contribution >= 0.6 is 11.6 Å². The van der Waals surface area contributed by atoms with E-state index in [9.17, 15) is 5.11 Å². The SMILES string of the molecule is NC(CN1CCCC1)C(O)c1ccc(N2CCOCC2)c(Cl)c1. The highest BCUT2D eigenvalue weighted by molar-refractivity contribution is 6.33. The molecule has 128 valence electrons. The van der Waals surface area contributed by atoms with Crippen LogP contribution in [-0.4, -0.2) is 62.0 Å². The molecule has 5 nitrogen and oxygen atoms in total. The van der Waals surface area contributed by atoms with Crippen LogP contribution in [0, 0.1) is 0 Å². The average Bonchev–Trinajstić information content (AvgIpc) is 3.07. The van der Waals surface area contributed by atoms with Gasteiger partial charge in [0.25, 0.3) is 0 Å². The van der Waals surface area contributed by atoms with E-state index >= 15 is 0 Å². The molecule has 2 aliphatic heterocycles. The number of aliphatic hydroxyl groups excluding tert-OH is 1. The van der Waals surface area contributed by atoms with E-state index in [4.69, 9.17) is 22.1 Å². The molecule has 1 aromatic carbocycles. The van der Waals surface area contributed by atoms with Gasteiger partial charge in [0.15, 0.2) is 0 Å². The van der Waals surface area contributed by atoms with Crippen LogP contribution in [0.2, 0.25) is 5.02 Å². The zero-order chi connectivity index (χ0) is 16.2. The van der Waals surface area contributed by atoms with Gasteiger partial charge in [-0.15, -0.1) is 0 Å². The minimum atomic E-state index is -0.688. The third-order valence-electron chi connectivity index (χ3n) is 4.74. The molecule has 0 amide bonds. The molecular weight excluding hydrogens is 314 g/mol. The van der Waals surface area contributed by atoms with Gasteiger partial charge in [0, 0.05) is 25.7 Å². The van der Waals surface area contributed by atoms with E-state index in [-0.39, 0.29) is 6.04 Å². The normalized spacial score (nSPS) is 22.3. The zero-order valence-corrected chi connectivity index (χ0v) is 14.2. The molecule has 0 saturated carbocycles. The Bertz CT molecular complexity index is 517. The maximum Gasteiger partial charge on any atom is 0.0953 e. The van der Waals surface area contributed by atoms with Gasteiger partial charge in [-0.3, -0.25) is 0 Å².